The zero-order chi connectivity index (χ0) is 39.9. The summed E-state index contributed by atoms with van der Waals surface area (Å²) in [7, 11) is 0. The van der Waals surface area contributed by atoms with Crippen molar-refractivity contribution < 1.29 is 75.7 Å². The van der Waals surface area contributed by atoms with Gasteiger partial charge in [-0.2, -0.15) is 0 Å². The molecule has 0 bridgehead atoms. The number of nitrogens with zero attached hydrogens (tertiary/aromatic N) is 1. The van der Waals surface area contributed by atoms with Crippen LogP contribution in [0, 0.1) is 0 Å². The molecule has 0 spiro atoms. The van der Waals surface area contributed by atoms with Crippen LogP contribution in [0.2, 0.25) is 0 Å². The third-order valence-electron chi connectivity index (χ3n) is 7.97. The Labute approximate surface area is 327 Å². The zero-order valence-corrected chi connectivity index (χ0v) is 32.1. The van der Waals surface area contributed by atoms with E-state index in [0.717, 1.165) is 4.90 Å². The Morgan fingerprint density at radius 3 is 1.34 bits per heavy atom. The summed E-state index contributed by atoms with van der Waals surface area (Å²) in [6.07, 6.45) is 0.163. The molecule has 2 heterocycles. The smallest absolute Gasteiger partial charge is 0.264 e. The molecule has 18 nitrogen and oxygen atoms in total. The first-order chi connectivity index (χ1) is 27.5. The number of hydrogen-bond donors (Lipinski definition) is 2. The number of benzene rings is 1. The van der Waals surface area contributed by atoms with Gasteiger partial charge in [-0.25, -0.2) is 4.39 Å². The highest BCUT2D eigenvalue weighted by molar-refractivity contribution is 6.25. The largest absolute Gasteiger partial charge is 0.382 e. The van der Waals surface area contributed by atoms with Gasteiger partial charge in [-0.05, 0) is 18.6 Å². The number of carbonyl (C=O) groups excluding carboxylic acids is 4. The lowest BCUT2D eigenvalue weighted by atomic mass is 10.0. The standard InChI is InChI=1S/C37H58FN3O15/c38-6-8-46-10-12-48-14-16-50-18-20-52-22-24-54-26-28-56-29-27-55-25-23-53-21-19-51-17-15-49-13-11-47-9-7-39-31-3-1-2-30-34(31)37(45)41(36(30)44)32-4-5-33(42)40-35(32)43/h1-3,32,39H,4-29H2,(H,40,42,43). The van der Waals surface area contributed by atoms with Crippen LogP contribution in [0.15, 0.2) is 18.2 Å². The molecule has 0 radical (unpaired) electrons. The topological polar surface area (TPSA) is 197 Å². The lowest BCUT2D eigenvalue weighted by Gasteiger charge is -2.27. The summed E-state index contributed by atoms with van der Waals surface area (Å²) in [5, 5.41) is 5.32. The highest BCUT2D eigenvalue weighted by Crippen LogP contribution is 2.32. The quantitative estimate of drug-likeness (QED) is 0.0702. The van der Waals surface area contributed by atoms with Crippen molar-refractivity contribution in [1.29, 1.82) is 0 Å². The molecule has 56 heavy (non-hydrogen) atoms. The SMILES string of the molecule is O=C1CCC(N2C(=O)c3cccc(NCCOCCOCCOCCOCCOCCOCCOCCOCCOCCOCCOCCF)c3C2=O)C(=O)N1. The van der Waals surface area contributed by atoms with Crippen LogP contribution in [0.5, 0.6) is 0 Å². The molecule has 0 aliphatic carbocycles. The predicted molar refractivity (Wildman–Crippen MR) is 197 cm³/mol. The second-order valence-corrected chi connectivity index (χ2v) is 12.0. The molecule has 2 aliphatic heterocycles. The summed E-state index contributed by atoms with van der Waals surface area (Å²) in [5.41, 5.74) is 0.896. The van der Waals surface area contributed by atoms with Crippen LogP contribution in [0.1, 0.15) is 33.6 Å². The molecule has 2 aliphatic rings. The van der Waals surface area contributed by atoms with E-state index in [0.29, 0.717) is 151 Å². The number of rotatable bonds is 37. The first-order valence-electron chi connectivity index (χ1n) is 19.0. The minimum absolute atomic E-state index is 0.0627. The maximum Gasteiger partial charge on any atom is 0.264 e. The number of hydrogen-bond acceptors (Lipinski definition) is 16. The molecule has 1 unspecified atom stereocenters. The van der Waals surface area contributed by atoms with E-state index in [2.05, 4.69) is 10.6 Å². The fourth-order valence-corrected chi connectivity index (χ4v) is 5.28. The maximum absolute atomic E-state index is 13.2. The van der Waals surface area contributed by atoms with Gasteiger partial charge < -0.3 is 57.4 Å². The lowest BCUT2D eigenvalue weighted by molar-refractivity contribution is -0.136. The average molecular weight is 804 g/mol. The molecule has 0 saturated carbocycles. The van der Waals surface area contributed by atoms with E-state index in [4.69, 9.17) is 52.1 Å². The van der Waals surface area contributed by atoms with E-state index in [9.17, 15) is 23.6 Å². The molecule has 1 aromatic carbocycles. The summed E-state index contributed by atoms with van der Waals surface area (Å²) in [4.78, 5) is 50.8. The highest BCUT2D eigenvalue weighted by atomic mass is 19.1. The van der Waals surface area contributed by atoms with Gasteiger partial charge in [0.15, 0.2) is 0 Å². The van der Waals surface area contributed by atoms with Gasteiger partial charge in [-0.15, -0.1) is 0 Å². The van der Waals surface area contributed by atoms with Crippen LogP contribution in [0.25, 0.3) is 0 Å². The Kier molecular flexibility index (Phi) is 26.0. The minimum atomic E-state index is -1.01. The van der Waals surface area contributed by atoms with Crippen molar-refractivity contribution in [3.8, 4) is 0 Å². The van der Waals surface area contributed by atoms with E-state index in [1.165, 1.54) is 0 Å². The first kappa shape index (κ1) is 47.2. The van der Waals surface area contributed by atoms with Crippen molar-refractivity contribution in [1.82, 2.24) is 10.2 Å². The van der Waals surface area contributed by atoms with Crippen molar-refractivity contribution in [2.75, 3.05) is 164 Å². The van der Waals surface area contributed by atoms with Crippen LogP contribution in [-0.4, -0.2) is 193 Å². The van der Waals surface area contributed by atoms with Crippen LogP contribution in [0.3, 0.4) is 0 Å². The first-order valence-corrected chi connectivity index (χ1v) is 19.0. The molecule has 0 aromatic heterocycles. The third kappa shape index (κ3) is 19.3. The summed E-state index contributed by atoms with van der Waals surface area (Å²) < 4.78 is 71.4. The van der Waals surface area contributed by atoms with Gasteiger partial charge in [-0.1, -0.05) is 6.07 Å². The number of carbonyl (C=O) groups is 4. The molecule has 1 saturated heterocycles. The van der Waals surface area contributed by atoms with Crippen LogP contribution in [0.4, 0.5) is 10.1 Å². The van der Waals surface area contributed by atoms with Crippen molar-refractivity contribution in [3.05, 3.63) is 29.3 Å². The molecule has 1 aromatic rings. The number of fused-ring (bicyclic) bond motifs is 1. The summed E-state index contributed by atoms with van der Waals surface area (Å²) in [5.74, 6) is -2.18. The number of alkyl halides is 1. The van der Waals surface area contributed by atoms with Crippen LogP contribution in [-0.2, 0) is 61.7 Å². The van der Waals surface area contributed by atoms with E-state index in [-0.39, 0.29) is 30.6 Å². The Bertz CT molecular complexity index is 1260. The van der Waals surface area contributed by atoms with Crippen molar-refractivity contribution in [3.63, 3.8) is 0 Å². The molecule has 2 N–H and O–H groups in total. The minimum Gasteiger partial charge on any atom is -0.382 e. The lowest BCUT2D eigenvalue weighted by Crippen LogP contribution is -2.54. The van der Waals surface area contributed by atoms with Gasteiger partial charge in [0.2, 0.25) is 11.8 Å². The number of halogens is 1. The Balaban J connectivity index is 1.00. The Hall–Kier alpha value is -3.21. The van der Waals surface area contributed by atoms with Crippen molar-refractivity contribution in [2.45, 2.75) is 18.9 Å². The van der Waals surface area contributed by atoms with Crippen LogP contribution < -0.4 is 10.6 Å². The summed E-state index contributed by atoms with van der Waals surface area (Å²) in [6.45, 7) is 9.17. The molecule has 1 fully saturated rings. The van der Waals surface area contributed by atoms with Gasteiger partial charge in [0.25, 0.3) is 11.8 Å². The molecular weight excluding hydrogens is 745 g/mol. The number of anilines is 1. The molecule has 4 amide bonds. The van der Waals surface area contributed by atoms with Gasteiger partial charge in [-0.3, -0.25) is 29.4 Å². The maximum atomic E-state index is 13.2. The number of nitrogens with one attached hydrogen (secondary N) is 2. The second kappa shape index (κ2) is 30.9. The van der Waals surface area contributed by atoms with Gasteiger partial charge in [0.05, 0.1) is 156 Å². The fraction of sp³-hybridized carbons (Fsp3) is 0.730. The van der Waals surface area contributed by atoms with E-state index < -0.39 is 36.3 Å². The normalized spacial score (nSPS) is 15.5. The van der Waals surface area contributed by atoms with E-state index in [1.807, 2.05) is 0 Å². The van der Waals surface area contributed by atoms with E-state index in [1.54, 1.807) is 18.2 Å². The monoisotopic (exact) mass is 803 g/mol. The molecular formula is C37H58FN3O15. The van der Waals surface area contributed by atoms with Crippen molar-refractivity contribution >= 4 is 29.3 Å². The Morgan fingerprint density at radius 1 is 0.554 bits per heavy atom. The molecule has 1 atom stereocenters. The number of imide groups is 2. The molecule has 19 heteroatoms. The number of piperidine rings is 1. The summed E-state index contributed by atoms with van der Waals surface area (Å²) in [6, 6.07) is 3.89. The zero-order valence-electron chi connectivity index (χ0n) is 32.1. The molecule has 3 rings (SSSR count). The van der Waals surface area contributed by atoms with Gasteiger partial charge in [0, 0.05) is 18.7 Å². The second-order valence-electron chi connectivity index (χ2n) is 12.0. The summed E-state index contributed by atoms with van der Waals surface area (Å²) >= 11 is 0. The number of ether oxygens (including phenoxy) is 11. The predicted octanol–water partition coefficient (Wildman–Crippen LogP) is 0.652. The number of amides is 4. The third-order valence-corrected chi connectivity index (χ3v) is 7.97. The van der Waals surface area contributed by atoms with Gasteiger partial charge in [0.1, 0.15) is 12.7 Å². The van der Waals surface area contributed by atoms with Crippen LogP contribution >= 0.6 is 0 Å². The van der Waals surface area contributed by atoms with Gasteiger partial charge >= 0.3 is 0 Å². The highest BCUT2D eigenvalue weighted by Gasteiger charge is 2.45. The molecule has 318 valence electrons. The fourth-order valence-electron chi connectivity index (χ4n) is 5.28. The van der Waals surface area contributed by atoms with E-state index >= 15 is 0 Å². The van der Waals surface area contributed by atoms with Crippen molar-refractivity contribution in [2.24, 2.45) is 0 Å². The average Bonchev–Trinajstić information content (AvgIpc) is 3.45. The Morgan fingerprint density at radius 2 is 0.946 bits per heavy atom.